The first-order valence-electron chi connectivity index (χ1n) is 7.20. The Bertz CT molecular complexity index is 588. The molecule has 0 aromatic carbocycles. The van der Waals surface area contributed by atoms with Gasteiger partial charge in [-0.2, -0.15) is 0 Å². The van der Waals surface area contributed by atoms with Crippen molar-refractivity contribution in [1.29, 1.82) is 0 Å². The first kappa shape index (κ1) is 15.9. The fourth-order valence-corrected chi connectivity index (χ4v) is 2.05. The fourth-order valence-electron chi connectivity index (χ4n) is 2.05. The summed E-state index contributed by atoms with van der Waals surface area (Å²) in [6, 6.07) is 6.10. The second-order valence-corrected chi connectivity index (χ2v) is 5.43. The summed E-state index contributed by atoms with van der Waals surface area (Å²) < 4.78 is 10.2. The first-order chi connectivity index (χ1) is 10.6. The third kappa shape index (κ3) is 4.51. The van der Waals surface area contributed by atoms with Crippen molar-refractivity contribution in [3.8, 4) is 0 Å². The Balaban J connectivity index is 1.95. The van der Waals surface area contributed by atoms with Crippen LogP contribution in [0.2, 0.25) is 0 Å². The van der Waals surface area contributed by atoms with Gasteiger partial charge in [0, 0.05) is 0 Å². The lowest BCUT2D eigenvalue weighted by atomic mass is 10.0. The van der Waals surface area contributed by atoms with E-state index in [9.17, 15) is 9.59 Å². The summed E-state index contributed by atoms with van der Waals surface area (Å²) in [4.78, 5) is 24.3. The lowest BCUT2D eigenvalue weighted by Crippen LogP contribution is -2.47. The Morgan fingerprint density at radius 1 is 1.14 bits per heavy atom. The van der Waals surface area contributed by atoms with E-state index < -0.39 is 11.9 Å². The molecule has 0 aliphatic heterocycles. The van der Waals surface area contributed by atoms with Crippen molar-refractivity contribution >= 4 is 11.8 Å². The van der Waals surface area contributed by atoms with Crippen molar-refractivity contribution in [3.05, 3.63) is 48.3 Å². The number of amides is 2. The van der Waals surface area contributed by atoms with Gasteiger partial charge in [0.25, 0.3) is 5.91 Å². The molecule has 2 amide bonds. The zero-order valence-electron chi connectivity index (χ0n) is 12.7. The summed E-state index contributed by atoms with van der Waals surface area (Å²) in [5.41, 5.74) is 0. The van der Waals surface area contributed by atoms with Crippen molar-refractivity contribution in [2.45, 2.75) is 32.9 Å². The van der Waals surface area contributed by atoms with Crippen molar-refractivity contribution < 1.29 is 18.4 Å². The van der Waals surface area contributed by atoms with Crippen molar-refractivity contribution in [3.63, 3.8) is 0 Å². The number of rotatable bonds is 7. The maximum absolute atomic E-state index is 12.3. The molecule has 2 heterocycles. The van der Waals surface area contributed by atoms with E-state index in [0.717, 1.165) is 0 Å². The third-order valence-electron chi connectivity index (χ3n) is 3.09. The van der Waals surface area contributed by atoms with Gasteiger partial charge in [-0.1, -0.05) is 13.8 Å². The van der Waals surface area contributed by atoms with Crippen LogP contribution in [0.25, 0.3) is 0 Å². The van der Waals surface area contributed by atoms with Gasteiger partial charge in [0.05, 0.1) is 19.1 Å². The van der Waals surface area contributed by atoms with Crippen LogP contribution in [0.3, 0.4) is 0 Å². The molecule has 0 saturated heterocycles. The maximum atomic E-state index is 12.3. The Morgan fingerprint density at radius 2 is 1.86 bits per heavy atom. The van der Waals surface area contributed by atoms with Crippen LogP contribution in [0.1, 0.15) is 36.6 Å². The van der Waals surface area contributed by atoms with Gasteiger partial charge in [0.1, 0.15) is 11.8 Å². The van der Waals surface area contributed by atoms with Crippen LogP contribution in [-0.2, 0) is 11.3 Å². The van der Waals surface area contributed by atoms with E-state index in [-0.39, 0.29) is 24.1 Å². The second-order valence-electron chi connectivity index (χ2n) is 5.43. The van der Waals surface area contributed by atoms with Crippen LogP contribution in [0, 0.1) is 5.92 Å². The van der Waals surface area contributed by atoms with Crippen LogP contribution in [0.15, 0.2) is 45.6 Å². The van der Waals surface area contributed by atoms with Crippen LogP contribution in [-0.4, -0.2) is 17.9 Å². The monoisotopic (exact) mass is 304 g/mol. The van der Waals surface area contributed by atoms with Crippen LogP contribution < -0.4 is 10.6 Å². The van der Waals surface area contributed by atoms with Gasteiger partial charge in [-0.05, 0) is 36.6 Å². The lowest BCUT2D eigenvalue weighted by molar-refractivity contribution is -0.123. The quantitative estimate of drug-likeness (QED) is 0.822. The highest BCUT2D eigenvalue weighted by Crippen LogP contribution is 2.08. The highest BCUT2D eigenvalue weighted by molar-refractivity contribution is 5.95. The van der Waals surface area contributed by atoms with E-state index in [1.807, 2.05) is 13.8 Å². The second kappa shape index (κ2) is 7.49. The molecule has 0 bridgehead atoms. The summed E-state index contributed by atoms with van der Waals surface area (Å²) in [7, 11) is 0. The van der Waals surface area contributed by atoms with Gasteiger partial charge in [-0.15, -0.1) is 0 Å². The fraction of sp³-hybridized carbons (Fsp3) is 0.375. The molecule has 2 rings (SSSR count). The zero-order chi connectivity index (χ0) is 15.9. The van der Waals surface area contributed by atoms with Gasteiger partial charge in [0.2, 0.25) is 5.91 Å². The molecule has 0 unspecified atom stereocenters. The molecule has 22 heavy (non-hydrogen) atoms. The van der Waals surface area contributed by atoms with Gasteiger partial charge in [-0.3, -0.25) is 9.59 Å². The molecule has 118 valence electrons. The highest BCUT2D eigenvalue weighted by atomic mass is 16.3. The topological polar surface area (TPSA) is 84.5 Å². The van der Waals surface area contributed by atoms with Crippen LogP contribution in [0.4, 0.5) is 0 Å². The summed E-state index contributed by atoms with van der Waals surface area (Å²) in [6.45, 7) is 4.27. The minimum atomic E-state index is -0.618. The number of carbonyl (C=O) groups is 2. The predicted molar refractivity (Wildman–Crippen MR) is 80.0 cm³/mol. The van der Waals surface area contributed by atoms with Crippen molar-refractivity contribution in [1.82, 2.24) is 10.6 Å². The van der Waals surface area contributed by atoms with E-state index in [1.54, 1.807) is 30.5 Å². The number of hydrogen-bond donors (Lipinski definition) is 2. The minimum absolute atomic E-state index is 0.188. The number of carbonyl (C=O) groups excluding carboxylic acids is 2. The molecular weight excluding hydrogens is 284 g/mol. The van der Waals surface area contributed by atoms with Gasteiger partial charge in [0.15, 0.2) is 5.76 Å². The SMILES string of the molecule is CC(C)C[C@H](NC(=O)c1ccco1)C(=O)NCc1ccco1. The normalized spacial score (nSPS) is 12.1. The predicted octanol–water partition coefficient (Wildman–Crippen LogP) is 2.33. The first-order valence-corrected chi connectivity index (χ1v) is 7.20. The Morgan fingerprint density at radius 3 is 2.45 bits per heavy atom. The maximum Gasteiger partial charge on any atom is 0.287 e. The summed E-state index contributed by atoms with van der Waals surface area (Å²) in [5.74, 6) is 0.465. The Hall–Kier alpha value is -2.50. The molecule has 6 nitrogen and oxygen atoms in total. The van der Waals surface area contributed by atoms with Crippen LogP contribution in [0.5, 0.6) is 0 Å². The van der Waals surface area contributed by atoms with E-state index in [0.29, 0.717) is 12.2 Å². The molecule has 0 fully saturated rings. The molecule has 2 N–H and O–H groups in total. The van der Waals surface area contributed by atoms with Gasteiger partial charge >= 0.3 is 0 Å². The molecule has 0 spiro atoms. The Kier molecular flexibility index (Phi) is 5.41. The van der Waals surface area contributed by atoms with E-state index in [1.165, 1.54) is 6.26 Å². The lowest BCUT2D eigenvalue weighted by Gasteiger charge is -2.19. The Labute approximate surface area is 128 Å². The molecule has 6 heteroatoms. The van der Waals surface area contributed by atoms with E-state index in [4.69, 9.17) is 8.83 Å². The summed E-state index contributed by atoms with van der Waals surface area (Å²) in [6.07, 6.45) is 3.51. The molecule has 0 aliphatic rings. The molecule has 2 aromatic heterocycles. The summed E-state index contributed by atoms with van der Waals surface area (Å²) >= 11 is 0. The van der Waals surface area contributed by atoms with Crippen molar-refractivity contribution in [2.75, 3.05) is 0 Å². The molecule has 1 atom stereocenters. The number of hydrogen-bond acceptors (Lipinski definition) is 4. The number of nitrogens with one attached hydrogen (secondary N) is 2. The van der Waals surface area contributed by atoms with Crippen LogP contribution >= 0.6 is 0 Å². The van der Waals surface area contributed by atoms with Gasteiger partial charge < -0.3 is 19.5 Å². The minimum Gasteiger partial charge on any atom is -0.467 e. The standard InChI is InChI=1S/C16H20N2O4/c1-11(2)9-13(18-16(20)14-6-4-8-22-14)15(19)17-10-12-5-3-7-21-12/h3-8,11,13H,9-10H2,1-2H3,(H,17,19)(H,18,20)/t13-/m0/s1. The van der Waals surface area contributed by atoms with Crippen molar-refractivity contribution in [2.24, 2.45) is 5.92 Å². The highest BCUT2D eigenvalue weighted by Gasteiger charge is 2.23. The summed E-state index contributed by atoms with van der Waals surface area (Å²) in [5, 5.41) is 5.47. The third-order valence-corrected chi connectivity index (χ3v) is 3.09. The molecule has 0 aliphatic carbocycles. The molecule has 2 aromatic rings. The smallest absolute Gasteiger partial charge is 0.287 e. The zero-order valence-corrected chi connectivity index (χ0v) is 12.7. The largest absolute Gasteiger partial charge is 0.467 e. The number of furan rings is 2. The molecule has 0 radical (unpaired) electrons. The van der Waals surface area contributed by atoms with E-state index in [2.05, 4.69) is 10.6 Å². The average molecular weight is 304 g/mol. The average Bonchev–Trinajstić information content (AvgIpc) is 3.16. The molecule has 0 saturated carbocycles. The molecular formula is C16H20N2O4. The van der Waals surface area contributed by atoms with Gasteiger partial charge in [-0.25, -0.2) is 0 Å². The van der Waals surface area contributed by atoms with E-state index >= 15 is 0 Å².